The number of rotatable bonds is 2. The lowest BCUT2D eigenvalue weighted by Gasteiger charge is -2.22. The third kappa shape index (κ3) is 2.00. The van der Waals surface area contributed by atoms with Gasteiger partial charge < -0.3 is 9.84 Å². The summed E-state index contributed by atoms with van der Waals surface area (Å²) in [6, 6.07) is 6.05. The third-order valence-electron chi connectivity index (χ3n) is 3.00. The number of hydrogen-bond acceptors (Lipinski definition) is 4. The van der Waals surface area contributed by atoms with Gasteiger partial charge in [0.05, 0.1) is 5.92 Å². The second-order valence-corrected chi connectivity index (χ2v) is 5.19. The summed E-state index contributed by atoms with van der Waals surface area (Å²) in [6.07, 6.45) is 0. The molecule has 0 atom stereocenters. The molecule has 0 radical (unpaired) electrons. The van der Waals surface area contributed by atoms with Crippen molar-refractivity contribution >= 4 is 15.9 Å². The average molecular weight is 294 g/mol. The van der Waals surface area contributed by atoms with Crippen LogP contribution in [0.3, 0.4) is 0 Å². The van der Waals surface area contributed by atoms with E-state index in [0.717, 1.165) is 34.6 Å². The number of nitrogens with one attached hydrogen (secondary N) is 1. The molecule has 5 heteroatoms. The summed E-state index contributed by atoms with van der Waals surface area (Å²) in [5.74, 6) is 1.80. The van der Waals surface area contributed by atoms with Crippen molar-refractivity contribution in [1.29, 1.82) is 0 Å². The van der Waals surface area contributed by atoms with Crippen molar-refractivity contribution in [2.24, 2.45) is 0 Å². The molecule has 0 spiro atoms. The van der Waals surface area contributed by atoms with Crippen LogP contribution < -0.4 is 5.32 Å². The first-order valence-corrected chi connectivity index (χ1v) is 6.34. The number of aryl methyl sites for hydroxylation is 1. The first kappa shape index (κ1) is 10.9. The predicted molar refractivity (Wildman–Crippen MR) is 67.8 cm³/mol. The Labute approximate surface area is 108 Å². The predicted octanol–water partition coefficient (Wildman–Crippen LogP) is 2.49. The van der Waals surface area contributed by atoms with Crippen LogP contribution in [0.1, 0.15) is 17.4 Å². The van der Waals surface area contributed by atoms with E-state index in [1.54, 1.807) is 0 Å². The molecule has 2 heterocycles. The number of nitrogens with zero attached hydrogens (tertiary/aromatic N) is 2. The molecule has 1 aromatic heterocycles. The maximum absolute atomic E-state index is 5.30. The highest BCUT2D eigenvalue weighted by molar-refractivity contribution is 9.10. The molecule has 3 rings (SSSR count). The second kappa shape index (κ2) is 4.23. The zero-order valence-corrected chi connectivity index (χ0v) is 11.0. The largest absolute Gasteiger partial charge is 0.339 e. The monoisotopic (exact) mass is 293 g/mol. The Kier molecular flexibility index (Phi) is 2.72. The molecule has 1 aliphatic rings. The van der Waals surface area contributed by atoms with E-state index in [9.17, 15) is 0 Å². The van der Waals surface area contributed by atoms with Crippen molar-refractivity contribution in [1.82, 2.24) is 15.5 Å². The van der Waals surface area contributed by atoms with Gasteiger partial charge in [-0.2, -0.15) is 4.98 Å². The lowest BCUT2D eigenvalue weighted by molar-refractivity contribution is 0.308. The second-order valence-electron chi connectivity index (χ2n) is 4.27. The van der Waals surface area contributed by atoms with Crippen molar-refractivity contribution in [3.05, 3.63) is 34.1 Å². The van der Waals surface area contributed by atoms with Crippen LogP contribution in [0.5, 0.6) is 0 Å². The maximum atomic E-state index is 5.30. The summed E-state index contributed by atoms with van der Waals surface area (Å²) in [6.45, 7) is 3.91. The summed E-state index contributed by atoms with van der Waals surface area (Å²) in [5, 5.41) is 7.24. The molecule has 0 aliphatic carbocycles. The van der Waals surface area contributed by atoms with Gasteiger partial charge in [0.2, 0.25) is 11.7 Å². The van der Waals surface area contributed by atoms with Gasteiger partial charge in [-0.05, 0) is 30.7 Å². The van der Waals surface area contributed by atoms with Gasteiger partial charge >= 0.3 is 0 Å². The van der Waals surface area contributed by atoms with Crippen LogP contribution in [0.15, 0.2) is 27.2 Å². The van der Waals surface area contributed by atoms with Crippen molar-refractivity contribution in [2.75, 3.05) is 13.1 Å². The van der Waals surface area contributed by atoms with E-state index in [-0.39, 0.29) is 0 Å². The van der Waals surface area contributed by atoms with E-state index < -0.39 is 0 Å². The quantitative estimate of drug-likeness (QED) is 0.924. The molecule has 1 saturated heterocycles. The lowest BCUT2D eigenvalue weighted by atomic mass is 10.0. The first-order valence-electron chi connectivity index (χ1n) is 5.55. The topological polar surface area (TPSA) is 51.0 Å². The van der Waals surface area contributed by atoms with Crippen molar-refractivity contribution in [3.63, 3.8) is 0 Å². The summed E-state index contributed by atoms with van der Waals surface area (Å²) >= 11 is 3.45. The van der Waals surface area contributed by atoms with E-state index in [4.69, 9.17) is 4.52 Å². The van der Waals surface area contributed by atoms with Gasteiger partial charge in [0, 0.05) is 23.1 Å². The van der Waals surface area contributed by atoms with Gasteiger partial charge in [-0.25, -0.2) is 0 Å². The highest BCUT2D eigenvalue weighted by Crippen LogP contribution is 2.26. The Bertz CT molecular complexity index is 548. The normalized spacial score (nSPS) is 15.9. The molecule has 1 N–H and O–H groups in total. The van der Waals surface area contributed by atoms with E-state index in [1.165, 1.54) is 0 Å². The number of halogens is 1. The lowest BCUT2D eigenvalue weighted by Crippen LogP contribution is -2.40. The summed E-state index contributed by atoms with van der Waals surface area (Å²) in [4.78, 5) is 4.46. The molecule has 88 valence electrons. The van der Waals surface area contributed by atoms with Gasteiger partial charge in [-0.1, -0.05) is 21.1 Å². The highest BCUT2D eigenvalue weighted by Gasteiger charge is 2.25. The standard InChI is InChI=1S/C12H12BrN3O/c1-7-4-9(13)2-3-10(7)11-15-12(17-16-11)8-5-14-6-8/h2-4,8,14H,5-6H2,1H3. The Morgan fingerprint density at radius 3 is 2.88 bits per heavy atom. The fourth-order valence-corrected chi connectivity index (χ4v) is 2.33. The van der Waals surface area contributed by atoms with Gasteiger partial charge in [0.25, 0.3) is 0 Å². The molecule has 1 aromatic carbocycles. The van der Waals surface area contributed by atoms with Crippen molar-refractivity contribution in [3.8, 4) is 11.4 Å². The van der Waals surface area contributed by atoms with Crippen LogP contribution in [0.4, 0.5) is 0 Å². The molecule has 17 heavy (non-hydrogen) atoms. The van der Waals surface area contributed by atoms with Gasteiger partial charge in [0.15, 0.2) is 0 Å². The third-order valence-corrected chi connectivity index (χ3v) is 3.50. The van der Waals surface area contributed by atoms with Crippen LogP contribution in [0.2, 0.25) is 0 Å². The minimum Gasteiger partial charge on any atom is -0.339 e. The van der Waals surface area contributed by atoms with Crippen molar-refractivity contribution in [2.45, 2.75) is 12.8 Å². The van der Waals surface area contributed by atoms with Gasteiger partial charge in [-0.3, -0.25) is 0 Å². The van der Waals surface area contributed by atoms with Gasteiger partial charge in [0.1, 0.15) is 0 Å². The molecule has 0 amide bonds. The molecule has 0 bridgehead atoms. The van der Waals surface area contributed by atoms with Crippen molar-refractivity contribution < 1.29 is 4.52 Å². The number of hydrogen-bond donors (Lipinski definition) is 1. The minimum atomic E-state index is 0.381. The highest BCUT2D eigenvalue weighted by atomic mass is 79.9. The van der Waals surface area contributed by atoms with E-state index in [2.05, 4.69) is 37.5 Å². The first-order chi connectivity index (χ1) is 8.24. The SMILES string of the molecule is Cc1cc(Br)ccc1-c1noc(C2CNC2)n1. The summed E-state index contributed by atoms with van der Waals surface area (Å²) < 4.78 is 6.36. The molecule has 0 unspecified atom stereocenters. The van der Waals surface area contributed by atoms with Crippen LogP contribution in [-0.4, -0.2) is 23.2 Å². The van der Waals surface area contributed by atoms with Crippen LogP contribution in [-0.2, 0) is 0 Å². The fourth-order valence-electron chi connectivity index (χ4n) is 1.85. The van der Waals surface area contributed by atoms with Crippen LogP contribution >= 0.6 is 15.9 Å². The van der Waals surface area contributed by atoms with E-state index in [1.807, 2.05) is 19.1 Å². The fraction of sp³-hybridized carbons (Fsp3) is 0.333. The molecular formula is C12H12BrN3O. The van der Waals surface area contributed by atoms with Gasteiger partial charge in [-0.15, -0.1) is 0 Å². The molecule has 0 saturated carbocycles. The Hall–Kier alpha value is -1.20. The number of aromatic nitrogens is 2. The average Bonchev–Trinajstić information content (AvgIpc) is 2.64. The Morgan fingerprint density at radius 1 is 1.41 bits per heavy atom. The van der Waals surface area contributed by atoms with E-state index in [0.29, 0.717) is 11.7 Å². The minimum absolute atomic E-state index is 0.381. The number of benzene rings is 1. The maximum Gasteiger partial charge on any atom is 0.232 e. The van der Waals surface area contributed by atoms with E-state index >= 15 is 0 Å². The zero-order valence-electron chi connectivity index (χ0n) is 9.40. The molecule has 1 aliphatic heterocycles. The Morgan fingerprint density at radius 2 is 2.24 bits per heavy atom. The van der Waals surface area contributed by atoms with Crippen LogP contribution in [0.25, 0.3) is 11.4 Å². The zero-order chi connectivity index (χ0) is 11.8. The Balaban J connectivity index is 1.94. The molecule has 4 nitrogen and oxygen atoms in total. The summed E-state index contributed by atoms with van der Waals surface area (Å²) in [5.41, 5.74) is 2.16. The van der Waals surface area contributed by atoms with Crippen LogP contribution in [0, 0.1) is 6.92 Å². The molecular weight excluding hydrogens is 282 g/mol. The smallest absolute Gasteiger partial charge is 0.232 e. The molecule has 1 fully saturated rings. The summed E-state index contributed by atoms with van der Waals surface area (Å²) in [7, 11) is 0. The molecule has 2 aromatic rings.